The first kappa shape index (κ1) is 17.7. The van der Waals surface area contributed by atoms with Crippen LogP contribution < -0.4 is 5.32 Å². The van der Waals surface area contributed by atoms with Gasteiger partial charge in [-0.25, -0.2) is 0 Å². The lowest BCUT2D eigenvalue weighted by Gasteiger charge is -2.20. The van der Waals surface area contributed by atoms with Crippen LogP contribution in [0.1, 0.15) is 60.2 Å². The summed E-state index contributed by atoms with van der Waals surface area (Å²) in [5.41, 5.74) is 3.32. The molecule has 3 heteroatoms. The fourth-order valence-electron chi connectivity index (χ4n) is 3.30. The Morgan fingerprint density at radius 1 is 1.16 bits per heavy atom. The maximum atomic E-state index is 12.8. The number of benzene rings is 2. The fraction of sp³-hybridized carbons (Fsp3) is 0.409. The van der Waals surface area contributed by atoms with Crippen LogP contribution in [0.3, 0.4) is 0 Å². The molecule has 1 amide bonds. The summed E-state index contributed by atoms with van der Waals surface area (Å²) in [7, 11) is 0. The third-order valence-corrected chi connectivity index (χ3v) is 4.98. The number of hydrogen-bond donors (Lipinski definition) is 2. The van der Waals surface area contributed by atoms with E-state index in [1.165, 1.54) is 11.1 Å². The zero-order valence-corrected chi connectivity index (χ0v) is 15.3. The molecule has 3 rings (SSSR count). The monoisotopic (exact) mass is 337 g/mol. The molecule has 0 spiro atoms. The Kier molecular flexibility index (Phi) is 4.70. The van der Waals surface area contributed by atoms with Gasteiger partial charge in [0.25, 0.3) is 5.91 Å². The molecule has 0 atom stereocenters. The number of nitrogens with one attached hydrogen (secondary N) is 1. The minimum atomic E-state index is -0.693. The molecule has 0 radical (unpaired) electrons. The number of rotatable bonds is 6. The predicted molar refractivity (Wildman–Crippen MR) is 101 cm³/mol. The molecule has 3 nitrogen and oxygen atoms in total. The highest BCUT2D eigenvalue weighted by Gasteiger charge is 2.46. The summed E-state index contributed by atoms with van der Waals surface area (Å²) in [5.74, 6) is -0.0224. The Morgan fingerprint density at radius 2 is 1.88 bits per heavy atom. The van der Waals surface area contributed by atoms with E-state index >= 15 is 0 Å². The summed E-state index contributed by atoms with van der Waals surface area (Å²) in [6, 6.07) is 16.0. The lowest BCUT2D eigenvalue weighted by atomic mass is 9.97. The van der Waals surface area contributed by atoms with Gasteiger partial charge in [0.2, 0.25) is 0 Å². The summed E-state index contributed by atoms with van der Waals surface area (Å²) in [6.07, 6.45) is 3.41. The van der Waals surface area contributed by atoms with E-state index in [4.69, 9.17) is 0 Å². The van der Waals surface area contributed by atoms with Crippen LogP contribution in [0, 0.1) is 6.92 Å². The normalized spacial score (nSPS) is 15.7. The van der Waals surface area contributed by atoms with Crippen LogP contribution >= 0.6 is 0 Å². The van der Waals surface area contributed by atoms with E-state index in [-0.39, 0.29) is 11.4 Å². The number of hydrogen-bond acceptors (Lipinski definition) is 2. The third-order valence-electron chi connectivity index (χ3n) is 4.98. The van der Waals surface area contributed by atoms with Gasteiger partial charge in [0.1, 0.15) is 0 Å². The largest absolute Gasteiger partial charge is 0.390 e. The Labute approximate surface area is 150 Å². The van der Waals surface area contributed by atoms with Gasteiger partial charge < -0.3 is 10.4 Å². The van der Waals surface area contributed by atoms with E-state index in [1.807, 2.05) is 50.2 Å². The Balaban J connectivity index is 1.73. The van der Waals surface area contributed by atoms with Gasteiger partial charge in [-0.3, -0.25) is 4.79 Å². The predicted octanol–water partition coefficient (Wildman–Crippen LogP) is 4.12. The van der Waals surface area contributed by atoms with Crippen LogP contribution in [0.15, 0.2) is 48.5 Å². The molecule has 2 N–H and O–H groups in total. The molecule has 0 bridgehead atoms. The van der Waals surface area contributed by atoms with Gasteiger partial charge in [0, 0.05) is 5.56 Å². The molecule has 0 aliphatic heterocycles. The first-order chi connectivity index (χ1) is 11.8. The van der Waals surface area contributed by atoms with Gasteiger partial charge in [0.15, 0.2) is 0 Å². The lowest BCUT2D eigenvalue weighted by Crippen LogP contribution is -2.35. The Bertz CT molecular complexity index is 770. The number of carbonyl (C=O) groups excluding carboxylic acids is 1. The highest BCUT2D eigenvalue weighted by molar-refractivity contribution is 5.95. The average molecular weight is 337 g/mol. The highest BCUT2D eigenvalue weighted by Crippen LogP contribution is 2.46. The van der Waals surface area contributed by atoms with Crippen LogP contribution in [0.25, 0.3) is 0 Å². The maximum Gasteiger partial charge on any atom is 0.251 e. The molecule has 25 heavy (non-hydrogen) atoms. The van der Waals surface area contributed by atoms with Crippen molar-refractivity contribution in [1.29, 1.82) is 0 Å². The van der Waals surface area contributed by atoms with Crippen molar-refractivity contribution in [2.45, 2.75) is 57.6 Å². The lowest BCUT2D eigenvalue weighted by molar-refractivity contribution is 0.0714. The SMILES string of the molecule is Cc1ccccc1C1(NC(=O)c2cccc(CCC(C)(C)O)c2)CC1. The van der Waals surface area contributed by atoms with Crippen molar-refractivity contribution in [3.8, 4) is 0 Å². The van der Waals surface area contributed by atoms with Crippen LogP contribution in [-0.4, -0.2) is 16.6 Å². The van der Waals surface area contributed by atoms with E-state index in [0.29, 0.717) is 12.0 Å². The second-order valence-electron chi connectivity index (χ2n) is 7.86. The summed E-state index contributed by atoms with van der Waals surface area (Å²) < 4.78 is 0. The minimum Gasteiger partial charge on any atom is -0.390 e. The van der Waals surface area contributed by atoms with Crippen LogP contribution in [0.2, 0.25) is 0 Å². The van der Waals surface area contributed by atoms with Crippen molar-refractivity contribution in [2.24, 2.45) is 0 Å². The molecule has 1 saturated carbocycles. The zero-order valence-electron chi connectivity index (χ0n) is 15.3. The standard InChI is InChI=1S/C22H27NO2/c1-16-7-4-5-10-19(16)22(13-14-22)23-20(24)18-9-6-8-17(15-18)11-12-21(2,3)25/h4-10,15,25H,11-14H2,1-3H3,(H,23,24). The highest BCUT2D eigenvalue weighted by atomic mass is 16.3. The minimum absolute atomic E-state index is 0.0224. The van der Waals surface area contributed by atoms with E-state index in [1.54, 1.807) is 0 Å². The average Bonchev–Trinajstić information content (AvgIpc) is 3.33. The van der Waals surface area contributed by atoms with Crippen molar-refractivity contribution >= 4 is 5.91 Å². The van der Waals surface area contributed by atoms with Gasteiger partial charge >= 0.3 is 0 Å². The van der Waals surface area contributed by atoms with Crippen LogP contribution in [-0.2, 0) is 12.0 Å². The Hall–Kier alpha value is -2.13. The van der Waals surface area contributed by atoms with E-state index < -0.39 is 5.60 Å². The van der Waals surface area contributed by atoms with Gasteiger partial charge in [-0.1, -0.05) is 36.4 Å². The summed E-state index contributed by atoms with van der Waals surface area (Å²) >= 11 is 0. The molecule has 0 saturated heterocycles. The van der Waals surface area contributed by atoms with Crippen molar-refractivity contribution in [3.05, 3.63) is 70.8 Å². The van der Waals surface area contributed by atoms with Crippen molar-refractivity contribution in [2.75, 3.05) is 0 Å². The van der Waals surface area contributed by atoms with Crippen molar-refractivity contribution in [3.63, 3.8) is 0 Å². The molecule has 2 aromatic rings. The van der Waals surface area contributed by atoms with Crippen LogP contribution in [0.4, 0.5) is 0 Å². The number of amides is 1. The first-order valence-corrected chi connectivity index (χ1v) is 8.99. The maximum absolute atomic E-state index is 12.8. The van der Waals surface area contributed by atoms with Crippen LogP contribution in [0.5, 0.6) is 0 Å². The molecule has 2 aromatic carbocycles. The molecule has 1 fully saturated rings. The zero-order chi connectivity index (χ0) is 18.1. The molecule has 1 aliphatic rings. The summed E-state index contributed by atoms with van der Waals surface area (Å²) in [4.78, 5) is 12.8. The number of aliphatic hydroxyl groups is 1. The molecular formula is C22H27NO2. The van der Waals surface area contributed by atoms with Crippen molar-refractivity contribution < 1.29 is 9.90 Å². The van der Waals surface area contributed by atoms with Gasteiger partial charge in [0.05, 0.1) is 11.1 Å². The Morgan fingerprint density at radius 3 is 2.52 bits per heavy atom. The number of aryl methyl sites for hydroxylation is 2. The quantitative estimate of drug-likeness (QED) is 0.833. The van der Waals surface area contributed by atoms with Gasteiger partial charge in [-0.05, 0) is 75.3 Å². The number of carbonyl (C=O) groups is 1. The molecular weight excluding hydrogens is 310 g/mol. The summed E-state index contributed by atoms with van der Waals surface area (Å²) in [6.45, 7) is 5.71. The second-order valence-corrected chi connectivity index (χ2v) is 7.86. The molecule has 1 aliphatic carbocycles. The smallest absolute Gasteiger partial charge is 0.251 e. The van der Waals surface area contributed by atoms with Gasteiger partial charge in [-0.2, -0.15) is 0 Å². The fourth-order valence-corrected chi connectivity index (χ4v) is 3.30. The second kappa shape index (κ2) is 6.64. The van der Waals surface area contributed by atoms with E-state index in [9.17, 15) is 9.90 Å². The van der Waals surface area contributed by atoms with Crippen molar-refractivity contribution in [1.82, 2.24) is 5.32 Å². The van der Waals surface area contributed by atoms with Gasteiger partial charge in [-0.15, -0.1) is 0 Å². The summed E-state index contributed by atoms with van der Waals surface area (Å²) in [5, 5.41) is 13.1. The molecule has 0 unspecified atom stereocenters. The van der Waals surface area contributed by atoms with E-state index in [2.05, 4.69) is 24.4 Å². The molecule has 0 aromatic heterocycles. The topological polar surface area (TPSA) is 49.3 Å². The third kappa shape index (κ3) is 4.29. The van der Waals surface area contributed by atoms with E-state index in [0.717, 1.165) is 24.8 Å². The first-order valence-electron chi connectivity index (χ1n) is 8.99. The molecule has 0 heterocycles. The molecule has 132 valence electrons.